The first-order valence-electron chi connectivity index (χ1n) is 9.70. The Bertz CT molecular complexity index is 980. The number of sulfonamides is 1. The minimum Gasteiger partial charge on any atom is -0.360 e. The van der Waals surface area contributed by atoms with Crippen molar-refractivity contribution in [1.82, 2.24) is 14.4 Å². The van der Waals surface area contributed by atoms with Crippen molar-refractivity contribution in [1.29, 1.82) is 0 Å². The largest absolute Gasteiger partial charge is 0.360 e. The van der Waals surface area contributed by atoms with Crippen LogP contribution in [0.25, 0.3) is 6.08 Å². The molecule has 29 heavy (non-hydrogen) atoms. The van der Waals surface area contributed by atoms with Crippen LogP contribution in [-0.4, -0.2) is 54.9 Å². The van der Waals surface area contributed by atoms with E-state index in [0.29, 0.717) is 24.7 Å². The summed E-state index contributed by atoms with van der Waals surface area (Å²) < 4.78 is 32.1. The highest BCUT2D eigenvalue weighted by Gasteiger charge is 2.33. The highest BCUT2D eigenvalue weighted by molar-refractivity contribution is 7.89. The van der Waals surface area contributed by atoms with E-state index in [1.807, 2.05) is 12.1 Å². The maximum atomic E-state index is 12.9. The molecule has 1 fully saturated rings. The number of carbonyl (C=O) groups excluding carboxylic acids is 1. The van der Waals surface area contributed by atoms with Crippen molar-refractivity contribution < 1.29 is 17.7 Å². The molecular weight excluding hydrogens is 390 g/mol. The molecule has 3 rings (SSSR count). The van der Waals surface area contributed by atoms with Crippen LogP contribution in [0, 0.1) is 13.8 Å². The zero-order chi connectivity index (χ0) is 21.2. The van der Waals surface area contributed by atoms with E-state index >= 15 is 0 Å². The standard InChI is InChI=1S/C21H27N3O4S/c1-15(2)19-8-5-18(6-9-19)7-10-20(25)23-11-13-24(14-12-23)29(26,27)21-16(3)22-28-17(21)4/h5-10,15H,11-14H2,1-4H3/b10-7+. The van der Waals surface area contributed by atoms with Crippen LogP contribution in [0.3, 0.4) is 0 Å². The summed E-state index contributed by atoms with van der Waals surface area (Å²) in [6.45, 7) is 8.66. The molecule has 0 radical (unpaired) electrons. The van der Waals surface area contributed by atoms with Crippen molar-refractivity contribution >= 4 is 22.0 Å². The van der Waals surface area contributed by atoms with Crippen molar-refractivity contribution in [3.8, 4) is 0 Å². The Morgan fingerprint density at radius 1 is 1.10 bits per heavy atom. The smallest absolute Gasteiger partial charge is 0.248 e. The monoisotopic (exact) mass is 417 g/mol. The van der Waals surface area contributed by atoms with Crippen LogP contribution in [0.15, 0.2) is 39.8 Å². The number of amides is 1. The summed E-state index contributed by atoms with van der Waals surface area (Å²) in [4.78, 5) is 14.3. The third-order valence-corrected chi connectivity index (χ3v) is 7.28. The Labute approximate surface area is 172 Å². The zero-order valence-electron chi connectivity index (χ0n) is 17.3. The summed E-state index contributed by atoms with van der Waals surface area (Å²) in [5, 5.41) is 3.73. The van der Waals surface area contributed by atoms with Gasteiger partial charge in [-0.05, 0) is 37.0 Å². The van der Waals surface area contributed by atoms with Crippen molar-refractivity contribution in [2.75, 3.05) is 26.2 Å². The minimum atomic E-state index is -3.67. The molecule has 0 N–H and O–H groups in total. The summed E-state index contributed by atoms with van der Waals surface area (Å²) in [7, 11) is -3.67. The van der Waals surface area contributed by atoms with Crippen LogP contribution in [-0.2, 0) is 14.8 Å². The minimum absolute atomic E-state index is 0.118. The van der Waals surface area contributed by atoms with Crippen LogP contribution in [0.2, 0.25) is 0 Å². The van der Waals surface area contributed by atoms with Gasteiger partial charge in [0.25, 0.3) is 0 Å². The number of carbonyl (C=O) groups is 1. The van der Waals surface area contributed by atoms with Gasteiger partial charge in [0.1, 0.15) is 10.6 Å². The van der Waals surface area contributed by atoms with Crippen LogP contribution in [0.4, 0.5) is 0 Å². The van der Waals surface area contributed by atoms with Gasteiger partial charge in [0.05, 0.1) is 0 Å². The predicted molar refractivity (Wildman–Crippen MR) is 111 cm³/mol. The van der Waals surface area contributed by atoms with Crippen molar-refractivity contribution in [3.63, 3.8) is 0 Å². The quantitative estimate of drug-likeness (QED) is 0.699. The van der Waals surface area contributed by atoms with E-state index in [4.69, 9.17) is 4.52 Å². The number of aromatic nitrogens is 1. The number of aryl methyl sites for hydroxylation is 2. The fraction of sp³-hybridized carbons (Fsp3) is 0.429. The lowest BCUT2D eigenvalue weighted by molar-refractivity contribution is -0.127. The van der Waals surface area contributed by atoms with Gasteiger partial charge in [-0.3, -0.25) is 4.79 Å². The number of hydrogen-bond acceptors (Lipinski definition) is 5. The van der Waals surface area contributed by atoms with Gasteiger partial charge in [0.2, 0.25) is 15.9 Å². The molecule has 1 aromatic heterocycles. The second-order valence-corrected chi connectivity index (χ2v) is 9.41. The molecular formula is C21H27N3O4S. The van der Waals surface area contributed by atoms with E-state index < -0.39 is 10.0 Å². The summed E-state index contributed by atoms with van der Waals surface area (Å²) >= 11 is 0. The van der Waals surface area contributed by atoms with Crippen LogP contribution in [0.5, 0.6) is 0 Å². The normalized spacial score (nSPS) is 16.1. The number of benzene rings is 1. The zero-order valence-corrected chi connectivity index (χ0v) is 18.1. The lowest BCUT2D eigenvalue weighted by atomic mass is 10.0. The van der Waals surface area contributed by atoms with Gasteiger partial charge in [0.15, 0.2) is 5.76 Å². The van der Waals surface area contributed by atoms with Crippen molar-refractivity contribution in [2.24, 2.45) is 0 Å². The number of piperazine rings is 1. The molecule has 0 saturated carbocycles. The molecule has 156 valence electrons. The van der Waals surface area contributed by atoms with Crippen LogP contribution in [0.1, 0.15) is 42.3 Å². The average Bonchev–Trinajstić information content (AvgIpc) is 3.05. The summed E-state index contributed by atoms with van der Waals surface area (Å²) in [6, 6.07) is 8.11. The first-order chi connectivity index (χ1) is 13.7. The molecule has 0 atom stereocenters. The lowest BCUT2D eigenvalue weighted by Gasteiger charge is -2.33. The fourth-order valence-electron chi connectivity index (χ4n) is 3.39. The van der Waals surface area contributed by atoms with Crippen molar-refractivity contribution in [2.45, 2.75) is 38.5 Å². The average molecular weight is 418 g/mol. The van der Waals surface area contributed by atoms with Gasteiger partial charge in [0, 0.05) is 32.3 Å². The molecule has 1 saturated heterocycles. The van der Waals surface area contributed by atoms with E-state index in [1.54, 1.807) is 30.9 Å². The Morgan fingerprint density at radius 3 is 2.24 bits per heavy atom. The summed E-state index contributed by atoms with van der Waals surface area (Å²) in [5.74, 6) is 0.632. The first kappa shape index (κ1) is 21.3. The first-order valence-corrected chi connectivity index (χ1v) is 11.1. The molecule has 0 unspecified atom stereocenters. The van der Waals surface area contributed by atoms with E-state index in [9.17, 15) is 13.2 Å². The molecule has 0 aliphatic carbocycles. The fourth-order valence-corrected chi connectivity index (χ4v) is 5.10. The van der Waals surface area contributed by atoms with E-state index in [0.717, 1.165) is 5.56 Å². The molecule has 7 nitrogen and oxygen atoms in total. The molecule has 1 amide bonds. The molecule has 0 spiro atoms. The van der Waals surface area contributed by atoms with Gasteiger partial charge < -0.3 is 9.42 Å². The molecule has 0 bridgehead atoms. The molecule has 2 aromatic rings. The lowest BCUT2D eigenvalue weighted by Crippen LogP contribution is -2.50. The Hall–Kier alpha value is -2.45. The Kier molecular flexibility index (Phi) is 6.24. The van der Waals surface area contributed by atoms with Gasteiger partial charge in [-0.2, -0.15) is 4.31 Å². The number of hydrogen-bond donors (Lipinski definition) is 0. The second-order valence-electron chi connectivity index (χ2n) is 7.54. The number of rotatable bonds is 5. The predicted octanol–water partition coefficient (Wildman–Crippen LogP) is 2.96. The molecule has 1 aliphatic rings. The second kappa shape index (κ2) is 8.51. The Balaban J connectivity index is 1.61. The van der Waals surface area contributed by atoms with Crippen LogP contribution >= 0.6 is 0 Å². The number of nitrogens with zero attached hydrogens (tertiary/aromatic N) is 3. The topological polar surface area (TPSA) is 83.7 Å². The van der Waals surface area contributed by atoms with Gasteiger partial charge in [-0.25, -0.2) is 8.42 Å². The van der Waals surface area contributed by atoms with Gasteiger partial charge in [-0.15, -0.1) is 0 Å². The molecule has 1 aromatic carbocycles. The van der Waals surface area contributed by atoms with E-state index in [1.165, 1.54) is 9.87 Å². The SMILES string of the molecule is Cc1noc(C)c1S(=O)(=O)N1CCN(C(=O)/C=C/c2ccc(C(C)C)cc2)CC1. The highest BCUT2D eigenvalue weighted by Crippen LogP contribution is 2.24. The third-order valence-electron chi connectivity index (χ3n) is 5.14. The summed E-state index contributed by atoms with van der Waals surface area (Å²) in [6.07, 6.45) is 3.34. The van der Waals surface area contributed by atoms with E-state index in [2.05, 4.69) is 31.1 Å². The maximum Gasteiger partial charge on any atom is 0.248 e. The molecule has 1 aliphatic heterocycles. The Morgan fingerprint density at radius 2 is 1.72 bits per heavy atom. The summed E-state index contributed by atoms with van der Waals surface area (Å²) in [5.41, 5.74) is 2.57. The highest BCUT2D eigenvalue weighted by atomic mass is 32.2. The van der Waals surface area contributed by atoms with Crippen molar-refractivity contribution in [3.05, 3.63) is 52.9 Å². The van der Waals surface area contributed by atoms with E-state index in [-0.39, 0.29) is 29.7 Å². The van der Waals surface area contributed by atoms with Gasteiger partial charge in [-0.1, -0.05) is 43.3 Å². The molecule has 2 heterocycles. The van der Waals surface area contributed by atoms with Gasteiger partial charge >= 0.3 is 0 Å². The molecule has 8 heteroatoms. The third kappa shape index (κ3) is 4.59. The maximum absolute atomic E-state index is 12.9. The van der Waals surface area contributed by atoms with Crippen LogP contribution < -0.4 is 0 Å².